The molecule has 10 rings (SSSR count). The number of halogens is 4. The van der Waals surface area contributed by atoms with E-state index in [1.165, 1.54) is 30.4 Å². The minimum atomic E-state index is -4.77. The number of nitro groups is 1. The molecule has 4 N–H and O–H groups in total. The number of fused-ring (bicyclic) bond motifs is 1. The first kappa shape index (κ1) is 55.4. The predicted octanol–water partition coefficient (Wildman–Crippen LogP) is 10.7. The maximum atomic E-state index is 14.9. The first-order valence-corrected chi connectivity index (χ1v) is 28.3. The number of anilines is 2. The molecule has 2 aliphatic heterocycles. The number of nitrogens with one attached hydrogen (secondary N) is 3. The number of sulfonamides is 1. The van der Waals surface area contributed by atoms with Crippen LogP contribution in [0, 0.1) is 27.3 Å². The maximum absolute atomic E-state index is 14.9. The average Bonchev–Trinajstić information content (AvgIpc) is 3.92. The first-order valence-electron chi connectivity index (χ1n) is 26.8. The summed E-state index contributed by atoms with van der Waals surface area (Å²) in [5, 5.41) is 25.6. The van der Waals surface area contributed by atoms with Crippen LogP contribution in [0.15, 0.2) is 96.2 Å². The van der Waals surface area contributed by atoms with Crippen LogP contribution in [0.2, 0.25) is 0 Å². The summed E-state index contributed by atoms with van der Waals surface area (Å²) in [4.78, 5) is 43.4. The number of amides is 1. The monoisotopic (exact) mass is 1110 g/mol. The first-order chi connectivity index (χ1) is 37.6. The topological polar surface area (TPSA) is 208 Å². The van der Waals surface area contributed by atoms with Crippen molar-refractivity contribution in [2.45, 2.75) is 113 Å². The van der Waals surface area contributed by atoms with Crippen molar-refractivity contribution in [2.75, 3.05) is 56.6 Å². The van der Waals surface area contributed by atoms with Gasteiger partial charge in [-0.3, -0.25) is 24.7 Å². The number of hydrogen-bond acceptors (Lipinski definition) is 14. The molecule has 6 aromatic rings. The van der Waals surface area contributed by atoms with Gasteiger partial charge in [-0.2, -0.15) is 18.2 Å². The zero-order valence-corrected chi connectivity index (χ0v) is 45.3. The molecular weight excluding hydrogens is 1050 g/mol. The van der Waals surface area contributed by atoms with Crippen LogP contribution in [0.3, 0.4) is 0 Å². The highest BCUT2D eigenvalue weighted by Crippen LogP contribution is 2.54. The van der Waals surface area contributed by atoms with Crippen LogP contribution in [0.5, 0.6) is 17.4 Å². The number of pyridine rings is 2. The van der Waals surface area contributed by atoms with Gasteiger partial charge in [0.2, 0.25) is 5.82 Å². The molecule has 2 aliphatic carbocycles. The fraction of sp³-hybridized carbons (Fsp3) is 0.456. The number of carbonyl (C=O) groups is 1. The number of nitrogens with zero attached hydrogens (tertiary/aromatic N) is 6. The molecular formula is C57H65F4N9O8S. The molecule has 17 nitrogen and oxygen atoms in total. The number of aliphatic hydroxyl groups is 1. The highest BCUT2D eigenvalue weighted by atomic mass is 32.2. The number of H-pyrrole nitrogens is 1. The molecule has 22 heteroatoms. The Labute approximate surface area is 455 Å². The number of alkyl halides is 3. The van der Waals surface area contributed by atoms with Crippen LogP contribution < -0.4 is 24.4 Å². The molecule has 0 unspecified atom stereocenters. The molecule has 0 bridgehead atoms. The van der Waals surface area contributed by atoms with E-state index in [-0.39, 0.29) is 57.2 Å². The predicted molar refractivity (Wildman–Crippen MR) is 289 cm³/mol. The Morgan fingerprint density at radius 2 is 1.70 bits per heavy atom. The number of rotatable bonds is 16. The lowest BCUT2D eigenvalue weighted by atomic mass is 9.59. The molecule has 3 aromatic heterocycles. The van der Waals surface area contributed by atoms with E-state index in [0.29, 0.717) is 69.5 Å². The summed E-state index contributed by atoms with van der Waals surface area (Å²) in [6.45, 7) is 10.7. The highest BCUT2D eigenvalue weighted by molar-refractivity contribution is 7.90. The number of benzene rings is 3. The number of ether oxygens (including phenoxy) is 2. The van der Waals surface area contributed by atoms with Gasteiger partial charge in [-0.15, -0.1) is 0 Å². The Hall–Kier alpha value is -6.88. The third-order valence-corrected chi connectivity index (χ3v) is 18.0. The molecule has 3 aromatic carbocycles. The van der Waals surface area contributed by atoms with E-state index in [9.17, 15) is 46.0 Å². The summed E-state index contributed by atoms with van der Waals surface area (Å²) >= 11 is 0. The second kappa shape index (κ2) is 22.0. The second-order valence-corrected chi connectivity index (χ2v) is 24.1. The van der Waals surface area contributed by atoms with E-state index in [2.05, 4.69) is 73.1 Å². The summed E-state index contributed by atoms with van der Waals surface area (Å²) in [6.07, 6.45) is 3.95. The fourth-order valence-electron chi connectivity index (χ4n) is 12.1. The Morgan fingerprint density at radius 3 is 2.38 bits per heavy atom. The van der Waals surface area contributed by atoms with E-state index in [1.807, 2.05) is 4.72 Å². The summed E-state index contributed by atoms with van der Waals surface area (Å²) in [5.41, 5.74) is 2.08. The van der Waals surface area contributed by atoms with E-state index in [4.69, 9.17) is 9.47 Å². The van der Waals surface area contributed by atoms with Gasteiger partial charge >= 0.3 is 11.9 Å². The van der Waals surface area contributed by atoms with Crippen molar-refractivity contribution in [1.82, 2.24) is 29.5 Å². The van der Waals surface area contributed by atoms with Crippen molar-refractivity contribution in [3.63, 3.8) is 0 Å². The SMILES string of the molecule is COc1nc2[nH]cc(F)c2cc1Oc1cc(N2CCC3(CC2)CC(N2CCN(Cc4ccc(C(F)(F)F)cc4)C[C@H]2c2ccccc2C(C)C)C3)ccc1C(=O)NS(=O)(=O)c1cnc(NCC2CCC(C)(O)CC2)c([N+](=O)[O-])c1. The van der Waals surface area contributed by atoms with Crippen LogP contribution in [0.4, 0.5) is 34.8 Å². The van der Waals surface area contributed by atoms with Crippen LogP contribution in [0.1, 0.15) is 117 Å². The van der Waals surface area contributed by atoms with Crippen molar-refractivity contribution in [3.05, 3.63) is 135 Å². The maximum Gasteiger partial charge on any atom is 0.416 e. The Balaban J connectivity index is 0.852. The molecule has 0 radical (unpaired) electrons. The van der Waals surface area contributed by atoms with Gasteiger partial charge in [0.05, 0.1) is 40.3 Å². The van der Waals surface area contributed by atoms with Gasteiger partial charge in [0.15, 0.2) is 5.75 Å². The molecule has 79 heavy (non-hydrogen) atoms. The van der Waals surface area contributed by atoms with E-state index in [0.717, 1.165) is 81.5 Å². The zero-order chi connectivity index (χ0) is 56.0. The molecule has 4 fully saturated rings. The fourth-order valence-corrected chi connectivity index (χ4v) is 13.0. The highest BCUT2D eigenvalue weighted by Gasteiger charge is 2.50. The largest absolute Gasteiger partial charge is 0.478 e. The van der Waals surface area contributed by atoms with Crippen molar-refractivity contribution >= 4 is 44.2 Å². The summed E-state index contributed by atoms with van der Waals surface area (Å²) in [6, 6.07) is 21.4. The molecule has 2 saturated carbocycles. The summed E-state index contributed by atoms with van der Waals surface area (Å²) in [7, 11) is -3.43. The third kappa shape index (κ3) is 12.0. The molecule has 1 atom stereocenters. The van der Waals surface area contributed by atoms with Gasteiger partial charge in [0, 0.05) is 88.0 Å². The van der Waals surface area contributed by atoms with Gasteiger partial charge in [-0.05, 0) is 116 Å². The molecule has 1 spiro atoms. The smallest absolute Gasteiger partial charge is 0.416 e. The van der Waals surface area contributed by atoms with Crippen molar-refractivity contribution in [3.8, 4) is 17.4 Å². The normalized spacial score (nSPS) is 21.3. The van der Waals surface area contributed by atoms with Gasteiger partial charge in [-0.1, -0.05) is 50.2 Å². The molecule has 2 saturated heterocycles. The molecule has 1 amide bonds. The van der Waals surface area contributed by atoms with E-state index < -0.39 is 54.6 Å². The number of piperazine rings is 1. The van der Waals surface area contributed by atoms with Crippen LogP contribution in [-0.2, 0) is 22.7 Å². The second-order valence-electron chi connectivity index (χ2n) is 22.4. The Kier molecular flexibility index (Phi) is 15.4. The van der Waals surface area contributed by atoms with Gasteiger partial charge in [-0.25, -0.2) is 22.5 Å². The van der Waals surface area contributed by atoms with Crippen LogP contribution in [0.25, 0.3) is 11.0 Å². The molecule has 420 valence electrons. The Bertz CT molecular complexity index is 3330. The lowest BCUT2D eigenvalue weighted by molar-refractivity contribution is -0.384. The number of piperidine rings is 1. The Morgan fingerprint density at radius 1 is 0.975 bits per heavy atom. The number of carbonyl (C=O) groups excluding carboxylic acids is 1. The van der Waals surface area contributed by atoms with Gasteiger partial charge in [0.25, 0.3) is 21.8 Å². The summed E-state index contributed by atoms with van der Waals surface area (Å²) < 4.78 is 96.7. The molecule has 4 aliphatic rings. The van der Waals surface area contributed by atoms with Crippen molar-refractivity contribution < 1.29 is 50.3 Å². The number of aromatic nitrogens is 3. The van der Waals surface area contributed by atoms with Crippen LogP contribution in [-0.4, -0.2) is 107 Å². The minimum Gasteiger partial charge on any atom is -0.478 e. The standard InChI is InChI=1S/C57H65F4N9O8S/c1-35(2)42-7-5-6-8-43(42)48-34-67(33-37-9-11-38(12-10-37)57(59,60)61)23-24-69(48)40-28-56(29-40)19-21-68(22-20-56)39-13-14-44(49(25-39)78-50-27-45-46(58)32-64-51(45)65-54(50)77-4)53(71)66-79(75,76)41-26-47(70(73)74)52(63-31-41)62-30-36-15-17-55(3,72)18-16-36/h5-14,25-27,31-32,35-36,40,48,72H,15-24,28-30,33-34H2,1-4H3,(H,62,63)(H,64,65)(H,66,71)/t36?,48-,55?/m0/s1. The molecule has 5 heterocycles. The van der Waals surface area contributed by atoms with E-state index in [1.54, 1.807) is 31.2 Å². The van der Waals surface area contributed by atoms with Crippen molar-refractivity contribution in [2.24, 2.45) is 11.3 Å². The number of hydrogen-bond donors (Lipinski definition) is 4. The van der Waals surface area contributed by atoms with Crippen molar-refractivity contribution in [1.29, 1.82) is 0 Å². The zero-order valence-electron chi connectivity index (χ0n) is 44.5. The van der Waals surface area contributed by atoms with E-state index >= 15 is 0 Å². The third-order valence-electron chi connectivity index (χ3n) is 16.7. The van der Waals surface area contributed by atoms with Crippen LogP contribution >= 0.6 is 0 Å². The number of methoxy groups -OCH3 is 1. The summed E-state index contributed by atoms with van der Waals surface area (Å²) in [5.74, 6) is -1.66. The average molecular weight is 1110 g/mol. The lowest BCUT2D eigenvalue weighted by Gasteiger charge is -2.58. The van der Waals surface area contributed by atoms with Gasteiger partial charge < -0.3 is 29.8 Å². The number of aromatic amines is 1. The minimum absolute atomic E-state index is 0.0453. The van der Waals surface area contributed by atoms with Gasteiger partial charge in [0.1, 0.15) is 22.1 Å². The lowest BCUT2D eigenvalue weighted by Crippen LogP contribution is -2.60. The quantitative estimate of drug-likeness (QED) is 0.0404.